The zero-order chi connectivity index (χ0) is 15.0. The number of aromatic nitrogens is 1. The summed E-state index contributed by atoms with van der Waals surface area (Å²) in [6.45, 7) is 0. The number of fused-ring (bicyclic) bond motifs is 1. The molecule has 1 aromatic heterocycles. The Labute approximate surface area is 137 Å². The van der Waals surface area contributed by atoms with E-state index in [1.807, 2.05) is 24.3 Å². The third kappa shape index (κ3) is 2.84. The molecule has 0 saturated carbocycles. The van der Waals surface area contributed by atoms with E-state index >= 15 is 0 Å². The lowest BCUT2D eigenvalue weighted by atomic mass is 10.0. The molecule has 0 spiro atoms. The number of nitrogens with zero attached hydrogens (tertiary/aromatic N) is 1. The SMILES string of the molecule is O=C([O-])c1cc(-c2ccc(Br)cc2)nc2cc(Br)ccc12. The number of carbonyl (C=O) groups excluding carboxylic acids is 1. The molecule has 0 amide bonds. The molecule has 21 heavy (non-hydrogen) atoms. The van der Waals surface area contributed by atoms with E-state index < -0.39 is 5.97 Å². The first kappa shape index (κ1) is 14.2. The van der Waals surface area contributed by atoms with Gasteiger partial charge in [0.15, 0.2) is 0 Å². The van der Waals surface area contributed by atoms with Crippen LogP contribution in [0.15, 0.2) is 57.5 Å². The minimum absolute atomic E-state index is 0.144. The van der Waals surface area contributed by atoms with Crippen molar-refractivity contribution in [3.63, 3.8) is 0 Å². The van der Waals surface area contributed by atoms with E-state index in [0.717, 1.165) is 14.5 Å². The first-order valence-corrected chi connectivity index (χ1v) is 7.71. The number of carbonyl (C=O) groups is 1. The van der Waals surface area contributed by atoms with Gasteiger partial charge in [-0.05, 0) is 30.3 Å². The van der Waals surface area contributed by atoms with E-state index in [1.165, 1.54) is 0 Å². The third-order valence-corrected chi connectivity index (χ3v) is 4.15. The summed E-state index contributed by atoms with van der Waals surface area (Å²) in [6.07, 6.45) is 0. The van der Waals surface area contributed by atoms with Crippen LogP contribution in [0.25, 0.3) is 22.2 Å². The molecule has 0 N–H and O–H groups in total. The van der Waals surface area contributed by atoms with Crippen molar-refractivity contribution < 1.29 is 9.90 Å². The molecular weight excluding hydrogens is 398 g/mol. The van der Waals surface area contributed by atoms with Crippen molar-refractivity contribution in [3.8, 4) is 11.3 Å². The largest absolute Gasteiger partial charge is 0.545 e. The summed E-state index contributed by atoms with van der Waals surface area (Å²) in [5.74, 6) is -1.21. The highest BCUT2D eigenvalue weighted by molar-refractivity contribution is 9.10. The van der Waals surface area contributed by atoms with Crippen molar-refractivity contribution in [1.82, 2.24) is 4.98 Å². The number of halogens is 2. The zero-order valence-corrected chi connectivity index (χ0v) is 13.8. The Hall–Kier alpha value is -1.72. The van der Waals surface area contributed by atoms with Gasteiger partial charge in [-0.15, -0.1) is 0 Å². The van der Waals surface area contributed by atoms with E-state index in [9.17, 15) is 9.90 Å². The molecule has 3 aromatic rings. The van der Waals surface area contributed by atoms with Crippen LogP contribution in [0.2, 0.25) is 0 Å². The average molecular weight is 406 g/mol. The van der Waals surface area contributed by atoms with Crippen molar-refractivity contribution >= 4 is 48.7 Å². The van der Waals surface area contributed by atoms with Crippen LogP contribution in [-0.2, 0) is 0 Å². The van der Waals surface area contributed by atoms with E-state index in [4.69, 9.17) is 0 Å². The average Bonchev–Trinajstić information content (AvgIpc) is 2.46. The van der Waals surface area contributed by atoms with Crippen molar-refractivity contribution in [2.45, 2.75) is 0 Å². The summed E-state index contributed by atoms with van der Waals surface area (Å²) in [4.78, 5) is 15.9. The second kappa shape index (κ2) is 5.58. The van der Waals surface area contributed by atoms with E-state index in [1.54, 1.807) is 24.3 Å². The van der Waals surface area contributed by atoms with Crippen molar-refractivity contribution in [1.29, 1.82) is 0 Å². The Kier molecular flexibility index (Phi) is 3.78. The highest BCUT2D eigenvalue weighted by Gasteiger charge is 2.09. The van der Waals surface area contributed by atoms with Gasteiger partial charge in [0.1, 0.15) is 0 Å². The first-order valence-electron chi connectivity index (χ1n) is 6.12. The van der Waals surface area contributed by atoms with Gasteiger partial charge in [-0.25, -0.2) is 4.98 Å². The van der Waals surface area contributed by atoms with E-state index in [2.05, 4.69) is 36.8 Å². The predicted molar refractivity (Wildman–Crippen MR) is 86.9 cm³/mol. The molecule has 0 aliphatic carbocycles. The van der Waals surface area contributed by atoms with Crippen LogP contribution in [0.1, 0.15) is 10.4 Å². The van der Waals surface area contributed by atoms with Crippen LogP contribution in [0.4, 0.5) is 0 Å². The number of aromatic carboxylic acids is 1. The highest BCUT2D eigenvalue weighted by atomic mass is 79.9. The minimum atomic E-state index is -1.21. The van der Waals surface area contributed by atoms with Crippen LogP contribution in [-0.4, -0.2) is 11.0 Å². The molecule has 0 saturated heterocycles. The molecule has 0 radical (unpaired) electrons. The monoisotopic (exact) mass is 404 g/mol. The fourth-order valence-corrected chi connectivity index (χ4v) is 2.75. The maximum atomic E-state index is 11.4. The van der Waals surface area contributed by atoms with Gasteiger partial charge in [-0.1, -0.05) is 50.1 Å². The number of carboxylic acid groups (broad SMARTS) is 1. The molecule has 5 heteroatoms. The molecule has 0 aliphatic heterocycles. The minimum Gasteiger partial charge on any atom is -0.545 e. The third-order valence-electron chi connectivity index (χ3n) is 3.13. The van der Waals surface area contributed by atoms with E-state index in [0.29, 0.717) is 16.6 Å². The Morgan fingerprint density at radius 1 is 0.952 bits per heavy atom. The Morgan fingerprint density at radius 3 is 2.29 bits per heavy atom. The Bertz CT molecular complexity index is 845. The van der Waals surface area contributed by atoms with Gasteiger partial charge in [0.25, 0.3) is 0 Å². The van der Waals surface area contributed by atoms with Crippen molar-refractivity contribution in [2.24, 2.45) is 0 Å². The van der Waals surface area contributed by atoms with Crippen molar-refractivity contribution in [2.75, 3.05) is 0 Å². The molecule has 0 fully saturated rings. The fourth-order valence-electron chi connectivity index (χ4n) is 2.14. The van der Waals surface area contributed by atoms with Gasteiger partial charge in [0, 0.05) is 25.5 Å². The van der Waals surface area contributed by atoms with E-state index in [-0.39, 0.29) is 5.56 Å². The first-order chi connectivity index (χ1) is 10.0. The van der Waals surface area contributed by atoms with Gasteiger partial charge < -0.3 is 9.90 Å². The number of hydrogen-bond acceptors (Lipinski definition) is 3. The van der Waals surface area contributed by atoms with Crippen LogP contribution in [0, 0.1) is 0 Å². The molecule has 3 nitrogen and oxygen atoms in total. The predicted octanol–water partition coefficient (Wildman–Crippen LogP) is 3.79. The second-order valence-electron chi connectivity index (χ2n) is 4.51. The van der Waals surface area contributed by atoms with Crippen molar-refractivity contribution in [3.05, 3.63) is 63.0 Å². The molecule has 1 heterocycles. The lowest BCUT2D eigenvalue weighted by molar-refractivity contribution is -0.254. The Balaban J connectivity index is 2.29. The molecule has 0 bridgehead atoms. The summed E-state index contributed by atoms with van der Waals surface area (Å²) in [5.41, 5.74) is 2.21. The smallest absolute Gasteiger partial charge is 0.0727 e. The molecule has 3 rings (SSSR count). The van der Waals surface area contributed by atoms with Gasteiger partial charge in [-0.2, -0.15) is 0 Å². The molecule has 104 valence electrons. The lowest BCUT2D eigenvalue weighted by Crippen LogP contribution is -2.22. The second-order valence-corrected chi connectivity index (χ2v) is 6.34. The quantitative estimate of drug-likeness (QED) is 0.651. The number of pyridine rings is 1. The van der Waals surface area contributed by atoms with Gasteiger partial charge in [-0.3, -0.25) is 0 Å². The van der Waals surface area contributed by atoms with Gasteiger partial charge in [0.2, 0.25) is 0 Å². The normalized spacial score (nSPS) is 10.8. The van der Waals surface area contributed by atoms with Crippen LogP contribution < -0.4 is 5.11 Å². The highest BCUT2D eigenvalue weighted by Crippen LogP contribution is 2.27. The lowest BCUT2D eigenvalue weighted by Gasteiger charge is -2.11. The maximum Gasteiger partial charge on any atom is 0.0727 e. The summed E-state index contributed by atoms with van der Waals surface area (Å²) in [6, 6.07) is 14.4. The molecule has 0 unspecified atom stereocenters. The molecule has 2 aromatic carbocycles. The van der Waals surface area contributed by atoms with Crippen LogP contribution >= 0.6 is 31.9 Å². The zero-order valence-electron chi connectivity index (χ0n) is 10.6. The summed E-state index contributed by atoms with van der Waals surface area (Å²) >= 11 is 6.75. The van der Waals surface area contributed by atoms with Crippen LogP contribution in [0.5, 0.6) is 0 Å². The molecular formula is C16H8Br2NO2-. The topological polar surface area (TPSA) is 53.0 Å². The van der Waals surface area contributed by atoms with Crippen LogP contribution in [0.3, 0.4) is 0 Å². The summed E-state index contributed by atoms with van der Waals surface area (Å²) < 4.78 is 1.80. The van der Waals surface area contributed by atoms with Gasteiger partial charge >= 0.3 is 0 Å². The summed E-state index contributed by atoms with van der Waals surface area (Å²) in [5, 5.41) is 11.9. The molecule has 0 atom stereocenters. The number of benzene rings is 2. The number of carboxylic acids is 1. The summed E-state index contributed by atoms with van der Waals surface area (Å²) in [7, 11) is 0. The van der Waals surface area contributed by atoms with Gasteiger partial charge in [0.05, 0.1) is 17.2 Å². The Morgan fingerprint density at radius 2 is 1.62 bits per heavy atom. The number of hydrogen-bond donors (Lipinski definition) is 0. The standard InChI is InChI=1S/C16H9Br2NO2/c17-10-3-1-9(2-4-10)14-8-13(16(20)21)12-6-5-11(18)7-15(12)19-14/h1-8H,(H,20,21)/p-1. The fraction of sp³-hybridized carbons (Fsp3) is 0. The number of rotatable bonds is 2. The maximum absolute atomic E-state index is 11.4. The molecule has 0 aliphatic rings.